The van der Waals surface area contributed by atoms with Crippen LogP contribution in [0.1, 0.15) is 11.3 Å². The van der Waals surface area contributed by atoms with Crippen LogP contribution in [-0.4, -0.2) is 16.9 Å². The molecule has 0 bridgehead atoms. The first kappa shape index (κ1) is 20.3. The van der Waals surface area contributed by atoms with Crippen molar-refractivity contribution in [1.29, 1.82) is 0 Å². The van der Waals surface area contributed by atoms with Crippen molar-refractivity contribution in [2.45, 2.75) is 6.92 Å². The highest BCUT2D eigenvalue weighted by Crippen LogP contribution is 2.30. The highest BCUT2D eigenvalue weighted by atomic mass is 35.5. The third kappa shape index (κ3) is 3.77. The standard InChI is InChI=1S/C22H14Cl2N2O3S/c1-12-17(24)3-2-4-18(12)26-21(28)16(20(27)25-22(26)30)11-15-9-10-19(29-15)13-5-7-14(23)8-6-13/h2-11H,1H3,(H,25,27,30)/b16-11+. The van der Waals surface area contributed by atoms with Crippen molar-refractivity contribution in [2.75, 3.05) is 4.90 Å². The molecule has 0 atom stereocenters. The van der Waals surface area contributed by atoms with Crippen LogP contribution in [0.2, 0.25) is 10.0 Å². The lowest BCUT2D eigenvalue weighted by molar-refractivity contribution is -0.122. The molecule has 0 spiro atoms. The van der Waals surface area contributed by atoms with Gasteiger partial charge in [0.15, 0.2) is 5.11 Å². The number of hydrogen-bond donors (Lipinski definition) is 1. The number of rotatable bonds is 3. The largest absolute Gasteiger partial charge is 0.457 e. The van der Waals surface area contributed by atoms with E-state index in [-0.39, 0.29) is 10.7 Å². The Morgan fingerprint density at radius 2 is 1.77 bits per heavy atom. The van der Waals surface area contributed by atoms with E-state index < -0.39 is 11.8 Å². The Kier molecular flexibility index (Phi) is 5.47. The van der Waals surface area contributed by atoms with E-state index in [0.29, 0.717) is 32.8 Å². The van der Waals surface area contributed by atoms with Crippen LogP contribution in [0.3, 0.4) is 0 Å². The fourth-order valence-electron chi connectivity index (χ4n) is 3.06. The van der Waals surface area contributed by atoms with Gasteiger partial charge in [-0.2, -0.15) is 0 Å². The van der Waals surface area contributed by atoms with E-state index in [1.807, 2.05) is 12.1 Å². The average Bonchev–Trinajstić information content (AvgIpc) is 3.17. The van der Waals surface area contributed by atoms with E-state index in [1.165, 1.54) is 11.0 Å². The summed E-state index contributed by atoms with van der Waals surface area (Å²) < 4.78 is 5.80. The number of halogens is 2. The monoisotopic (exact) mass is 456 g/mol. The van der Waals surface area contributed by atoms with Crippen LogP contribution >= 0.6 is 35.4 Å². The summed E-state index contributed by atoms with van der Waals surface area (Å²) in [7, 11) is 0. The number of benzene rings is 2. The molecular formula is C22H14Cl2N2O3S. The summed E-state index contributed by atoms with van der Waals surface area (Å²) in [6.07, 6.45) is 1.39. The van der Waals surface area contributed by atoms with E-state index in [0.717, 1.165) is 5.56 Å². The molecule has 0 radical (unpaired) electrons. The maximum Gasteiger partial charge on any atom is 0.270 e. The topological polar surface area (TPSA) is 62.6 Å². The van der Waals surface area contributed by atoms with Crippen LogP contribution < -0.4 is 10.2 Å². The van der Waals surface area contributed by atoms with Crippen molar-refractivity contribution in [1.82, 2.24) is 5.32 Å². The lowest BCUT2D eigenvalue weighted by Gasteiger charge is -2.30. The zero-order valence-electron chi connectivity index (χ0n) is 15.6. The Balaban J connectivity index is 1.70. The number of furan rings is 1. The fraction of sp³-hybridized carbons (Fsp3) is 0.0455. The molecule has 30 heavy (non-hydrogen) atoms. The molecule has 150 valence electrons. The van der Waals surface area contributed by atoms with Gasteiger partial charge in [0.25, 0.3) is 11.8 Å². The van der Waals surface area contributed by atoms with Gasteiger partial charge in [-0.15, -0.1) is 0 Å². The maximum atomic E-state index is 13.1. The number of anilines is 1. The minimum absolute atomic E-state index is 0.00573. The van der Waals surface area contributed by atoms with Crippen LogP contribution in [-0.2, 0) is 9.59 Å². The minimum atomic E-state index is -0.592. The quantitative estimate of drug-likeness (QED) is 0.325. The molecule has 8 heteroatoms. The van der Waals surface area contributed by atoms with E-state index >= 15 is 0 Å². The van der Waals surface area contributed by atoms with E-state index in [4.69, 9.17) is 39.8 Å². The summed E-state index contributed by atoms with van der Waals surface area (Å²) in [5.41, 5.74) is 1.90. The Bertz CT molecular complexity index is 1220. The Labute approximate surface area is 187 Å². The van der Waals surface area contributed by atoms with Crippen LogP contribution in [0.15, 0.2) is 64.6 Å². The molecule has 0 aliphatic carbocycles. The van der Waals surface area contributed by atoms with Crippen molar-refractivity contribution in [2.24, 2.45) is 0 Å². The number of hydrogen-bond acceptors (Lipinski definition) is 4. The predicted molar refractivity (Wildman–Crippen MR) is 122 cm³/mol. The van der Waals surface area contributed by atoms with Crippen molar-refractivity contribution in [3.8, 4) is 11.3 Å². The third-order valence-electron chi connectivity index (χ3n) is 4.62. The van der Waals surface area contributed by atoms with Gasteiger partial charge in [0.05, 0.1) is 5.69 Å². The van der Waals surface area contributed by atoms with E-state index in [1.54, 1.807) is 49.4 Å². The molecule has 1 aliphatic heterocycles. The SMILES string of the molecule is Cc1c(Cl)cccc1N1C(=O)/C(=C/c2ccc(-c3ccc(Cl)cc3)o2)C(=O)NC1=S. The molecule has 1 N–H and O–H groups in total. The number of amides is 2. The molecule has 2 heterocycles. The van der Waals surface area contributed by atoms with Crippen LogP contribution in [0, 0.1) is 6.92 Å². The molecule has 1 saturated heterocycles. The molecular weight excluding hydrogens is 443 g/mol. The lowest BCUT2D eigenvalue weighted by Crippen LogP contribution is -2.54. The summed E-state index contributed by atoms with van der Waals surface area (Å²) in [6.45, 7) is 1.78. The van der Waals surface area contributed by atoms with Gasteiger partial charge < -0.3 is 4.42 Å². The maximum absolute atomic E-state index is 13.1. The molecule has 3 aromatic rings. The highest BCUT2D eigenvalue weighted by Gasteiger charge is 2.35. The molecule has 1 aliphatic rings. The Morgan fingerprint density at radius 1 is 1.03 bits per heavy atom. The van der Waals surface area contributed by atoms with Gasteiger partial charge in [-0.3, -0.25) is 19.8 Å². The van der Waals surface area contributed by atoms with Gasteiger partial charge in [0.2, 0.25) is 0 Å². The third-order valence-corrected chi connectivity index (χ3v) is 5.57. The summed E-state index contributed by atoms with van der Waals surface area (Å²) in [5, 5.41) is 3.65. The first-order valence-corrected chi connectivity index (χ1v) is 10.0. The number of nitrogens with zero attached hydrogens (tertiary/aromatic N) is 1. The predicted octanol–water partition coefficient (Wildman–Crippen LogP) is 5.39. The number of carbonyl (C=O) groups is 2. The zero-order valence-corrected chi connectivity index (χ0v) is 17.9. The van der Waals surface area contributed by atoms with Crippen LogP contribution in [0.25, 0.3) is 17.4 Å². The van der Waals surface area contributed by atoms with E-state index in [2.05, 4.69) is 5.32 Å². The first-order chi connectivity index (χ1) is 14.3. The fourth-order valence-corrected chi connectivity index (χ4v) is 3.63. The number of carbonyl (C=O) groups excluding carboxylic acids is 2. The van der Waals surface area contributed by atoms with Crippen molar-refractivity contribution < 1.29 is 14.0 Å². The molecule has 2 amide bonds. The summed E-state index contributed by atoms with van der Waals surface area (Å²) in [6, 6.07) is 15.7. The van der Waals surface area contributed by atoms with Gasteiger partial charge in [0.1, 0.15) is 17.1 Å². The number of nitrogens with one attached hydrogen (secondary N) is 1. The first-order valence-electron chi connectivity index (χ1n) is 8.87. The van der Waals surface area contributed by atoms with Crippen molar-refractivity contribution >= 4 is 64.1 Å². The molecule has 2 aromatic carbocycles. The van der Waals surface area contributed by atoms with Gasteiger partial charge in [0, 0.05) is 15.6 Å². The second-order valence-corrected chi connectivity index (χ2v) is 7.78. The number of thiocarbonyl (C=S) groups is 1. The van der Waals surface area contributed by atoms with Gasteiger partial charge in [-0.05, 0) is 79.3 Å². The Morgan fingerprint density at radius 3 is 2.50 bits per heavy atom. The summed E-state index contributed by atoms with van der Waals surface area (Å²) in [4.78, 5) is 26.9. The second kappa shape index (κ2) is 8.07. The molecule has 4 rings (SSSR count). The normalized spacial score (nSPS) is 15.6. The lowest BCUT2D eigenvalue weighted by atomic mass is 10.1. The second-order valence-electron chi connectivity index (χ2n) is 6.55. The van der Waals surface area contributed by atoms with Gasteiger partial charge >= 0.3 is 0 Å². The molecule has 5 nitrogen and oxygen atoms in total. The van der Waals surface area contributed by atoms with Gasteiger partial charge in [-0.1, -0.05) is 29.3 Å². The summed E-state index contributed by atoms with van der Waals surface area (Å²) in [5.74, 6) is -0.210. The minimum Gasteiger partial charge on any atom is -0.457 e. The molecule has 0 saturated carbocycles. The zero-order chi connectivity index (χ0) is 21.4. The molecule has 1 fully saturated rings. The van der Waals surface area contributed by atoms with Crippen molar-refractivity contribution in [3.63, 3.8) is 0 Å². The van der Waals surface area contributed by atoms with Gasteiger partial charge in [-0.25, -0.2) is 0 Å². The van der Waals surface area contributed by atoms with Crippen LogP contribution in [0.4, 0.5) is 5.69 Å². The van der Waals surface area contributed by atoms with Crippen LogP contribution in [0.5, 0.6) is 0 Å². The summed E-state index contributed by atoms with van der Waals surface area (Å²) >= 11 is 17.3. The Hall–Kier alpha value is -2.93. The average molecular weight is 457 g/mol. The van der Waals surface area contributed by atoms with E-state index in [9.17, 15) is 9.59 Å². The smallest absolute Gasteiger partial charge is 0.270 e. The molecule has 1 aromatic heterocycles. The van der Waals surface area contributed by atoms with Crippen molar-refractivity contribution in [3.05, 3.63) is 81.5 Å². The highest BCUT2D eigenvalue weighted by molar-refractivity contribution is 7.80. The molecule has 0 unspecified atom stereocenters.